The number of carbonyl (C=O) groups is 1. The van der Waals surface area contributed by atoms with Crippen molar-refractivity contribution in [3.63, 3.8) is 0 Å². The van der Waals surface area contributed by atoms with E-state index in [1.165, 1.54) is 12.4 Å². The molecule has 0 amide bonds. The summed E-state index contributed by atoms with van der Waals surface area (Å²) < 4.78 is 43.7. The van der Waals surface area contributed by atoms with Crippen LogP contribution >= 0.6 is 0 Å². The average molecular weight is 337 g/mol. The second kappa shape index (κ2) is 6.18. The highest BCUT2D eigenvalue weighted by atomic mass is 19.4. The van der Waals surface area contributed by atoms with Gasteiger partial charge in [0.15, 0.2) is 5.69 Å². The van der Waals surface area contributed by atoms with E-state index in [9.17, 15) is 18.0 Å². The van der Waals surface area contributed by atoms with E-state index >= 15 is 0 Å². The predicted octanol–water partition coefficient (Wildman–Crippen LogP) is 3.61. The highest BCUT2D eigenvalue weighted by Crippen LogP contribution is 2.38. The Balaban J connectivity index is 2.05. The molecule has 0 aromatic carbocycles. The number of esters is 1. The van der Waals surface area contributed by atoms with E-state index < -0.39 is 17.7 Å². The van der Waals surface area contributed by atoms with Crippen LogP contribution in [0.2, 0.25) is 0 Å². The first kappa shape index (κ1) is 16.4. The maximum absolute atomic E-state index is 13.0. The predicted molar refractivity (Wildman–Crippen MR) is 78.2 cm³/mol. The number of pyridine rings is 1. The Hall–Kier alpha value is -2.51. The zero-order chi connectivity index (χ0) is 17.3. The van der Waals surface area contributed by atoms with Crippen molar-refractivity contribution >= 4 is 5.97 Å². The quantitative estimate of drug-likeness (QED) is 0.798. The maximum Gasteiger partial charge on any atom is 0.417 e. The van der Waals surface area contributed by atoms with Crippen molar-refractivity contribution in [2.45, 2.75) is 31.9 Å². The molecule has 0 unspecified atom stereocenters. The molecule has 0 saturated heterocycles. The standard InChI is InChI=1S/C16H14F3N3O2/c1-2-24-15(23)13-12(5-11(8-20-13)16(17,18)19)10-6-21-14(22-7-10)9-3-4-9/h5-9H,2-4H2,1H3. The molecule has 8 heteroatoms. The summed E-state index contributed by atoms with van der Waals surface area (Å²) in [6.07, 6.45) is 0.914. The lowest BCUT2D eigenvalue weighted by molar-refractivity contribution is -0.137. The Morgan fingerprint density at radius 1 is 1.21 bits per heavy atom. The molecule has 0 radical (unpaired) electrons. The van der Waals surface area contributed by atoms with E-state index in [-0.39, 0.29) is 17.9 Å². The van der Waals surface area contributed by atoms with Crippen LogP contribution in [0.25, 0.3) is 11.1 Å². The number of hydrogen-bond acceptors (Lipinski definition) is 5. The van der Waals surface area contributed by atoms with Crippen LogP contribution in [0.4, 0.5) is 13.2 Å². The topological polar surface area (TPSA) is 65.0 Å². The highest BCUT2D eigenvalue weighted by Gasteiger charge is 2.33. The number of alkyl halides is 3. The monoisotopic (exact) mass is 337 g/mol. The largest absolute Gasteiger partial charge is 0.461 e. The summed E-state index contributed by atoms with van der Waals surface area (Å²) in [6, 6.07) is 0.870. The molecular weight excluding hydrogens is 323 g/mol. The van der Waals surface area contributed by atoms with Gasteiger partial charge in [-0.1, -0.05) is 0 Å². The third-order valence-corrected chi connectivity index (χ3v) is 3.61. The third kappa shape index (κ3) is 3.37. The minimum Gasteiger partial charge on any atom is -0.461 e. The minimum absolute atomic E-state index is 0.00521. The Morgan fingerprint density at radius 3 is 2.42 bits per heavy atom. The van der Waals surface area contributed by atoms with Gasteiger partial charge in [-0.3, -0.25) is 0 Å². The van der Waals surface area contributed by atoms with Gasteiger partial charge in [-0.25, -0.2) is 19.7 Å². The number of aromatic nitrogens is 3. The number of rotatable bonds is 4. The van der Waals surface area contributed by atoms with E-state index in [0.29, 0.717) is 23.5 Å². The normalized spacial score (nSPS) is 14.5. The van der Waals surface area contributed by atoms with Crippen LogP contribution in [0, 0.1) is 0 Å². The molecule has 0 spiro atoms. The first-order valence-corrected chi connectivity index (χ1v) is 7.46. The number of halogens is 3. The summed E-state index contributed by atoms with van der Waals surface area (Å²) in [5.41, 5.74) is -0.837. The van der Waals surface area contributed by atoms with Crippen LogP contribution in [0.1, 0.15) is 47.6 Å². The SMILES string of the molecule is CCOC(=O)c1ncc(C(F)(F)F)cc1-c1cnc(C2CC2)nc1. The molecule has 2 aromatic rings. The summed E-state index contributed by atoms with van der Waals surface area (Å²) in [4.78, 5) is 24.0. The Labute approximate surface area is 135 Å². The summed E-state index contributed by atoms with van der Waals surface area (Å²) in [6.45, 7) is 1.70. The lowest BCUT2D eigenvalue weighted by Gasteiger charge is -2.12. The van der Waals surface area contributed by atoms with Crippen LogP contribution in [0.5, 0.6) is 0 Å². The smallest absolute Gasteiger partial charge is 0.417 e. The molecule has 0 N–H and O–H groups in total. The van der Waals surface area contributed by atoms with Gasteiger partial charge in [0.05, 0.1) is 12.2 Å². The first-order chi connectivity index (χ1) is 11.4. The fraction of sp³-hybridized carbons (Fsp3) is 0.375. The molecule has 1 saturated carbocycles. The molecule has 1 fully saturated rings. The number of hydrogen-bond donors (Lipinski definition) is 0. The fourth-order valence-corrected chi connectivity index (χ4v) is 2.23. The second-order valence-corrected chi connectivity index (χ2v) is 5.44. The summed E-state index contributed by atoms with van der Waals surface area (Å²) in [5, 5.41) is 0. The van der Waals surface area contributed by atoms with Gasteiger partial charge in [0.2, 0.25) is 0 Å². The summed E-state index contributed by atoms with van der Waals surface area (Å²) in [5.74, 6) is 0.201. The van der Waals surface area contributed by atoms with Gasteiger partial charge in [0.1, 0.15) is 5.82 Å². The van der Waals surface area contributed by atoms with Crippen molar-refractivity contribution in [3.05, 3.63) is 41.7 Å². The molecule has 0 atom stereocenters. The van der Waals surface area contributed by atoms with Gasteiger partial charge in [0, 0.05) is 35.6 Å². The van der Waals surface area contributed by atoms with Crippen LogP contribution in [-0.4, -0.2) is 27.5 Å². The molecular formula is C16H14F3N3O2. The molecule has 0 bridgehead atoms. The highest BCUT2D eigenvalue weighted by molar-refractivity contribution is 5.95. The van der Waals surface area contributed by atoms with Gasteiger partial charge >= 0.3 is 12.1 Å². The van der Waals surface area contributed by atoms with E-state index in [1.807, 2.05) is 0 Å². The molecule has 24 heavy (non-hydrogen) atoms. The zero-order valence-electron chi connectivity index (χ0n) is 12.8. The van der Waals surface area contributed by atoms with Gasteiger partial charge in [0.25, 0.3) is 0 Å². The number of carbonyl (C=O) groups excluding carboxylic acids is 1. The van der Waals surface area contributed by atoms with Crippen LogP contribution in [0.3, 0.4) is 0 Å². The van der Waals surface area contributed by atoms with E-state index in [0.717, 1.165) is 18.9 Å². The third-order valence-electron chi connectivity index (χ3n) is 3.61. The molecule has 2 aromatic heterocycles. The molecule has 3 rings (SSSR count). The van der Waals surface area contributed by atoms with Gasteiger partial charge in [-0.2, -0.15) is 13.2 Å². The summed E-state index contributed by atoms with van der Waals surface area (Å²) >= 11 is 0. The van der Waals surface area contributed by atoms with Crippen LogP contribution < -0.4 is 0 Å². The minimum atomic E-state index is -4.57. The first-order valence-electron chi connectivity index (χ1n) is 7.46. The zero-order valence-corrected chi connectivity index (χ0v) is 12.8. The van der Waals surface area contributed by atoms with E-state index in [1.54, 1.807) is 6.92 Å². The molecule has 1 aliphatic carbocycles. The van der Waals surface area contributed by atoms with E-state index in [4.69, 9.17) is 4.74 Å². The van der Waals surface area contributed by atoms with Gasteiger partial charge in [-0.15, -0.1) is 0 Å². The lowest BCUT2D eigenvalue weighted by Crippen LogP contribution is -2.13. The Kier molecular flexibility index (Phi) is 4.21. The Morgan fingerprint density at radius 2 is 1.88 bits per heavy atom. The van der Waals surface area contributed by atoms with E-state index in [2.05, 4.69) is 15.0 Å². The fourth-order valence-electron chi connectivity index (χ4n) is 2.23. The maximum atomic E-state index is 13.0. The van der Waals surface area contributed by atoms with Gasteiger partial charge in [-0.05, 0) is 25.8 Å². The lowest BCUT2D eigenvalue weighted by atomic mass is 10.0. The molecule has 0 aliphatic heterocycles. The molecule has 126 valence electrons. The average Bonchev–Trinajstić information content (AvgIpc) is 3.39. The van der Waals surface area contributed by atoms with Crippen LogP contribution in [0.15, 0.2) is 24.7 Å². The number of ether oxygens (including phenoxy) is 1. The van der Waals surface area contributed by atoms with Gasteiger partial charge < -0.3 is 4.74 Å². The molecule has 5 nitrogen and oxygen atoms in total. The van der Waals surface area contributed by atoms with Crippen molar-refractivity contribution in [1.82, 2.24) is 15.0 Å². The van der Waals surface area contributed by atoms with Crippen LogP contribution in [-0.2, 0) is 10.9 Å². The van der Waals surface area contributed by atoms with Crippen molar-refractivity contribution in [2.75, 3.05) is 6.61 Å². The van der Waals surface area contributed by atoms with Crippen molar-refractivity contribution in [3.8, 4) is 11.1 Å². The molecule has 1 aliphatic rings. The molecule has 2 heterocycles. The number of nitrogens with zero attached hydrogens (tertiary/aromatic N) is 3. The second-order valence-electron chi connectivity index (χ2n) is 5.44. The summed E-state index contributed by atoms with van der Waals surface area (Å²) in [7, 11) is 0. The van der Waals surface area contributed by atoms with Crippen molar-refractivity contribution in [2.24, 2.45) is 0 Å². The Bertz CT molecular complexity index is 756. The van der Waals surface area contributed by atoms with Crippen molar-refractivity contribution in [1.29, 1.82) is 0 Å². The van der Waals surface area contributed by atoms with Crippen molar-refractivity contribution < 1.29 is 22.7 Å².